The molecule has 4 rings (SSSR count). The Morgan fingerprint density at radius 2 is 1.92 bits per heavy atom. The molecule has 25 heavy (non-hydrogen) atoms. The number of rotatable bonds is 3. The molecule has 2 aliphatic heterocycles. The van der Waals surface area contributed by atoms with Crippen molar-refractivity contribution in [2.75, 3.05) is 13.2 Å². The highest BCUT2D eigenvalue weighted by molar-refractivity contribution is 5.85. The van der Waals surface area contributed by atoms with E-state index in [1.165, 1.54) is 0 Å². The molecule has 0 bridgehead atoms. The van der Waals surface area contributed by atoms with Crippen LogP contribution in [0.1, 0.15) is 30.9 Å². The lowest BCUT2D eigenvalue weighted by atomic mass is 9.94. The summed E-state index contributed by atoms with van der Waals surface area (Å²) in [4.78, 5) is 12.5. The fourth-order valence-electron chi connectivity index (χ4n) is 3.60. The molecule has 2 aliphatic rings. The Hall–Kier alpha value is -2.04. The van der Waals surface area contributed by atoms with Crippen LogP contribution in [0, 0.1) is 0 Å². The summed E-state index contributed by atoms with van der Waals surface area (Å²) in [6, 6.07) is 16.4. The number of carbonyl (C=O) groups excluding carboxylic acids is 1. The van der Waals surface area contributed by atoms with Crippen molar-refractivity contribution in [3.05, 3.63) is 54.1 Å². The highest BCUT2D eigenvalue weighted by atomic mass is 35.5. The third-order valence-corrected chi connectivity index (χ3v) is 4.85. The van der Waals surface area contributed by atoms with Crippen LogP contribution in [-0.2, 0) is 4.79 Å². The van der Waals surface area contributed by atoms with Gasteiger partial charge in [-0.05, 0) is 24.9 Å². The third-order valence-electron chi connectivity index (χ3n) is 4.85. The second kappa shape index (κ2) is 7.89. The van der Waals surface area contributed by atoms with Gasteiger partial charge in [-0.1, -0.05) is 48.5 Å². The predicted molar refractivity (Wildman–Crippen MR) is 101 cm³/mol. The number of nitrogens with one attached hydrogen (secondary N) is 2. The molecule has 0 aliphatic carbocycles. The summed E-state index contributed by atoms with van der Waals surface area (Å²) in [6.45, 7) is 1.56. The maximum atomic E-state index is 12.5. The number of ether oxygens (including phenoxy) is 1. The molecular formula is C20H23ClN2O2. The summed E-state index contributed by atoms with van der Waals surface area (Å²) in [5, 5.41) is 6.48. The van der Waals surface area contributed by atoms with E-state index in [2.05, 4.69) is 34.9 Å². The van der Waals surface area contributed by atoms with Gasteiger partial charge in [0.25, 0.3) is 0 Å². The fourth-order valence-corrected chi connectivity index (χ4v) is 3.60. The molecule has 2 unspecified atom stereocenters. The Morgan fingerprint density at radius 3 is 2.68 bits per heavy atom. The molecule has 2 aromatic carbocycles. The van der Waals surface area contributed by atoms with Gasteiger partial charge in [-0.2, -0.15) is 0 Å². The van der Waals surface area contributed by atoms with Crippen LogP contribution in [0.25, 0.3) is 11.1 Å². The van der Waals surface area contributed by atoms with Gasteiger partial charge in [0.05, 0.1) is 18.7 Å². The number of hydrogen-bond acceptors (Lipinski definition) is 3. The standard InChI is InChI=1S/C20H22N2O2.ClH/c23-20(18-10-5-12-21-18)22-17-11-13-24-19-15(8-4-9-16(17)19)14-6-2-1-3-7-14;/h1-4,6-9,17-18,21H,5,10-13H2,(H,22,23);1H. The molecule has 4 nitrogen and oxygen atoms in total. The van der Waals surface area contributed by atoms with Crippen LogP contribution in [0.4, 0.5) is 0 Å². The zero-order chi connectivity index (χ0) is 16.4. The molecule has 1 saturated heterocycles. The molecule has 1 fully saturated rings. The zero-order valence-corrected chi connectivity index (χ0v) is 14.9. The van der Waals surface area contributed by atoms with Crippen LogP contribution in [0.15, 0.2) is 48.5 Å². The van der Waals surface area contributed by atoms with Gasteiger partial charge in [-0.3, -0.25) is 4.79 Å². The van der Waals surface area contributed by atoms with E-state index in [9.17, 15) is 4.79 Å². The second-order valence-electron chi connectivity index (χ2n) is 6.44. The van der Waals surface area contributed by atoms with Crippen molar-refractivity contribution < 1.29 is 9.53 Å². The largest absolute Gasteiger partial charge is 0.492 e. The maximum Gasteiger partial charge on any atom is 0.237 e. The van der Waals surface area contributed by atoms with E-state index in [-0.39, 0.29) is 30.4 Å². The van der Waals surface area contributed by atoms with Crippen LogP contribution >= 0.6 is 12.4 Å². The first-order valence-electron chi connectivity index (χ1n) is 8.68. The number of fused-ring (bicyclic) bond motifs is 1. The SMILES string of the molecule is Cl.O=C(NC1CCOc2c(-c3ccccc3)cccc21)C1CCCN1. The Balaban J connectivity index is 0.00000182. The number of halogens is 1. The minimum Gasteiger partial charge on any atom is -0.492 e. The lowest BCUT2D eigenvalue weighted by Crippen LogP contribution is -2.43. The molecule has 0 aromatic heterocycles. The molecule has 2 heterocycles. The van der Waals surface area contributed by atoms with Crippen LogP contribution < -0.4 is 15.4 Å². The van der Waals surface area contributed by atoms with Crippen molar-refractivity contribution in [2.24, 2.45) is 0 Å². The van der Waals surface area contributed by atoms with E-state index in [4.69, 9.17) is 4.74 Å². The molecule has 132 valence electrons. The zero-order valence-electron chi connectivity index (χ0n) is 14.0. The smallest absolute Gasteiger partial charge is 0.237 e. The van der Waals surface area contributed by atoms with E-state index < -0.39 is 0 Å². The molecule has 2 atom stereocenters. The summed E-state index contributed by atoms with van der Waals surface area (Å²) in [5.74, 6) is 1.01. The number of carbonyl (C=O) groups is 1. The minimum atomic E-state index is -0.0476. The van der Waals surface area contributed by atoms with Crippen molar-refractivity contribution in [1.29, 1.82) is 0 Å². The highest BCUT2D eigenvalue weighted by Gasteiger charge is 2.29. The van der Waals surface area contributed by atoms with Gasteiger partial charge in [-0.15, -0.1) is 12.4 Å². The first-order valence-corrected chi connectivity index (χ1v) is 8.68. The molecule has 5 heteroatoms. The molecule has 2 N–H and O–H groups in total. The fraction of sp³-hybridized carbons (Fsp3) is 0.350. The third kappa shape index (κ3) is 3.65. The lowest BCUT2D eigenvalue weighted by Gasteiger charge is -2.29. The summed E-state index contributed by atoms with van der Waals surface area (Å²) in [5.41, 5.74) is 3.30. The Morgan fingerprint density at radius 1 is 1.08 bits per heavy atom. The van der Waals surface area contributed by atoms with Gasteiger partial charge >= 0.3 is 0 Å². The molecule has 0 radical (unpaired) electrons. The topological polar surface area (TPSA) is 50.4 Å². The summed E-state index contributed by atoms with van der Waals surface area (Å²) < 4.78 is 5.98. The van der Waals surface area contributed by atoms with Gasteiger partial charge < -0.3 is 15.4 Å². The number of amides is 1. The van der Waals surface area contributed by atoms with Gasteiger partial charge in [0.2, 0.25) is 5.91 Å². The molecule has 0 saturated carbocycles. The lowest BCUT2D eigenvalue weighted by molar-refractivity contribution is -0.123. The van der Waals surface area contributed by atoms with E-state index in [1.807, 2.05) is 24.3 Å². The van der Waals surface area contributed by atoms with E-state index >= 15 is 0 Å². The maximum absolute atomic E-state index is 12.5. The number of benzene rings is 2. The van der Waals surface area contributed by atoms with E-state index in [1.54, 1.807) is 0 Å². The van der Waals surface area contributed by atoms with Crippen molar-refractivity contribution in [2.45, 2.75) is 31.3 Å². The molecule has 2 aromatic rings. The first-order chi connectivity index (χ1) is 11.8. The Kier molecular flexibility index (Phi) is 5.61. The molecular weight excluding hydrogens is 336 g/mol. The van der Waals surface area contributed by atoms with E-state index in [0.717, 1.165) is 48.2 Å². The van der Waals surface area contributed by atoms with Crippen molar-refractivity contribution >= 4 is 18.3 Å². The highest BCUT2D eigenvalue weighted by Crippen LogP contribution is 2.40. The second-order valence-corrected chi connectivity index (χ2v) is 6.44. The normalized spacial score (nSPS) is 21.6. The van der Waals surface area contributed by atoms with Crippen LogP contribution in [-0.4, -0.2) is 25.1 Å². The van der Waals surface area contributed by atoms with Gasteiger partial charge in [0.15, 0.2) is 0 Å². The first kappa shape index (κ1) is 17.8. The van der Waals surface area contributed by atoms with Crippen molar-refractivity contribution in [1.82, 2.24) is 10.6 Å². The van der Waals surface area contributed by atoms with Gasteiger partial charge in [0.1, 0.15) is 5.75 Å². The quantitative estimate of drug-likeness (QED) is 0.883. The number of para-hydroxylation sites is 1. The summed E-state index contributed by atoms with van der Waals surface area (Å²) >= 11 is 0. The van der Waals surface area contributed by atoms with Gasteiger partial charge in [0, 0.05) is 17.5 Å². The van der Waals surface area contributed by atoms with Crippen LogP contribution in [0.3, 0.4) is 0 Å². The average Bonchev–Trinajstić information content (AvgIpc) is 3.17. The monoisotopic (exact) mass is 358 g/mol. The molecule has 1 amide bonds. The average molecular weight is 359 g/mol. The van der Waals surface area contributed by atoms with Crippen LogP contribution in [0.5, 0.6) is 5.75 Å². The predicted octanol–water partition coefficient (Wildman–Crippen LogP) is 3.47. The van der Waals surface area contributed by atoms with Crippen molar-refractivity contribution in [3.8, 4) is 16.9 Å². The summed E-state index contributed by atoms with van der Waals surface area (Å²) in [6.07, 6.45) is 2.80. The number of hydrogen-bond donors (Lipinski definition) is 2. The molecule has 0 spiro atoms. The minimum absolute atomic E-state index is 0. The van der Waals surface area contributed by atoms with E-state index in [0.29, 0.717) is 6.61 Å². The summed E-state index contributed by atoms with van der Waals surface area (Å²) in [7, 11) is 0. The van der Waals surface area contributed by atoms with Gasteiger partial charge in [-0.25, -0.2) is 0 Å². The van der Waals surface area contributed by atoms with Crippen molar-refractivity contribution in [3.63, 3.8) is 0 Å². The Bertz CT molecular complexity index is 730. The Labute approximate surface area is 154 Å². The van der Waals surface area contributed by atoms with Crippen LogP contribution in [0.2, 0.25) is 0 Å².